The van der Waals surface area contributed by atoms with Gasteiger partial charge in [0.2, 0.25) is 5.95 Å². The molecule has 27 heavy (non-hydrogen) atoms. The molecule has 0 atom stereocenters. The molecule has 4 rings (SSSR count). The number of nitrogen functional groups attached to an aromatic ring is 2. The molecule has 0 unspecified atom stereocenters. The van der Waals surface area contributed by atoms with Gasteiger partial charge in [-0.3, -0.25) is 5.10 Å². The van der Waals surface area contributed by atoms with Crippen molar-refractivity contribution in [1.82, 2.24) is 20.2 Å². The fourth-order valence-electron chi connectivity index (χ4n) is 2.90. The molecular formula is C19H18FN7. The Bertz CT molecular complexity index is 1110. The van der Waals surface area contributed by atoms with E-state index in [0.717, 1.165) is 22.0 Å². The van der Waals surface area contributed by atoms with Crippen LogP contribution in [0.5, 0.6) is 0 Å². The Hall–Kier alpha value is -3.68. The summed E-state index contributed by atoms with van der Waals surface area (Å²) in [6.45, 7) is 0.558. The van der Waals surface area contributed by atoms with Gasteiger partial charge in [0.15, 0.2) is 5.82 Å². The molecule has 2 aromatic carbocycles. The predicted octanol–water partition coefficient (Wildman–Crippen LogP) is 2.98. The standard InChI is InChI=1S/C19H18FN7/c20-13-3-1-2-11(8-13)6-7-23-19-24-15(10-17(21)25-19)12-4-5-14-16(9-12)26-27-18(14)22/h1-5,8-10H,6-7H2,(H3,22,26,27)(H3,21,23,24,25). The number of rotatable bonds is 5. The third kappa shape index (κ3) is 3.64. The van der Waals surface area contributed by atoms with Crippen molar-refractivity contribution < 1.29 is 4.39 Å². The van der Waals surface area contributed by atoms with Crippen molar-refractivity contribution in [2.45, 2.75) is 6.42 Å². The molecule has 2 aromatic heterocycles. The van der Waals surface area contributed by atoms with Crippen LogP contribution in [0.15, 0.2) is 48.5 Å². The van der Waals surface area contributed by atoms with Crippen LogP contribution in [0, 0.1) is 5.82 Å². The summed E-state index contributed by atoms with van der Waals surface area (Å²) in [7, 11) is 0. The molecule has 8 heteroatoms. The molecule has 6 N–H and O–H groups in total. The average molecular weight is 363 g/mol. The zero-order valence-electron chi connectivity index (χ0n) is 14.4. The van der Waals surface area contributed by atoms with E-state index in [-0.39, 0.29) is 5.82 Å². The van der Waals surface area contributed by atoms with Crippen molar-refractivity contribution in [3.05, 3.63) is 59.9 Å². The van der Waals surface area contributed by atoms with Gasteiger partial charge in [-0.2, -0.15) is 10.1 Å². The van der Waals surface area contributed by atoms with Gasteiger partial charge in [-0.05, 0) is 36.2 Å². The molecule has 0 fully saturated rings. The second kappa shape index (κ2) is 6.91. The van der Waals surface area contributed by atoms with E-state index in [1.165, 1.54) is 12.1 Å². The lowest BCUT2D eigenvalue weighted by molar-refractivity contribution is 0.625. The number of aromatic amines is 1. The number of nitrogens with zero attached hydrogens (tertiary/aromatic N) is 3. The zero-order chi connectivity index (χ0) is 18.8. The second-order valence-electron chi connectivity index (χ2n) is 6.18. The van der Waals surface area contributed by atoms with Crippen LogP contribution in [0.3, 0.4) is 0 Å². The molecule has 0 radical (unpaired) electrons. The predicted molar refractivity (Wildman–Crippen MR) is 105 cm³/mol. The van der Waals surface area contributed by atoms with Gasteiger partial charge < -0.3 is 16.8 Å². The Morgan fingerprint density at radius 2 is 1.93 bits per heavy atom. The normalized spacial score (nSPS) is 11.0. The highest BCUT2D eigenvalue weighted by atomic mass is 19.1. The van der Waals surface area contributed by atoms with Gasteiger partial charge in [0.1, 0.15) is 11.6 Å². The number of hydrogen-bond acceptors (Lipinski definition) is 6. The van der Waals surface area contributed by atoms with E-state index in [9.17, 15) is 4.39 Å². The highest BCUT2D eigenvalue weighted by Crippen LogP contribution is 2.26. The van der Waals surface area contributed by atoms with E-state index in [1.807, 2.05) is 24.3 Å². The summed E-state index contributed by atoms with van der Waals surface area (Å²) in [4.78, 5) is 8.74. The first kappa shape index (κ1) is 16.8. The summed E-state index contributed by atoms with van der Waals surface area (Å²) < 4.78 is 13.2. The minimum absolute atomic E-state index is 0.246. The highest BCUT2D eigenvalue weighted by molar-refractivity contribution is 5.91. The SMILES string of the molecule is Nc1cc(-c2ccc3c(N)n[nH]c3c2)nc(NCCc2cccc(F)c2)n1. The fraction of sp³-hybridized carbons (Fsp3) is 0.105. The first-order valence-electron chi connectivity index (χ1n) is 8.45. The Kier molecular flexibility index (Phi) is 4.29. The van der Waals surface area contributed by atoms with Gasteiger partial charge in [0, 0.05) is 23.6 Å². The van der Waals surface area contributed by atoms with Gasteiger partial charge in [-0.15, -0.1) is 0 Å². The number of aromatic nitrogens is 4. The molecule has 7 nitrogen and oxygen atoms in total. The van der Waals surface area contributed by atoms with Crippen LogP contribution in [-0.4, -0.2) is 26.7 Å². The Labute approximate surface area is 154 Å². The average Bonchev–Trinajstić information content (AvgIpc) is 3.02. The topological polar surface area (TPSA) is 119 Å². The fourth-order valence-corrected chi connectivity index (χ4v) is 2.90. The number of fused-ring (bicyclic) bond motifs is 1. The van der Waals surface area contributed by atoms with E-state index in [0.29, 0.717) is 36.2 Å². The minimum Gasteiger partial charge on any atom is -0.384 e. The molecule has 0 spiro atoms. The van der Waals surface area contributed by atoms with Gasteiger partial charge in [-0.25, -0.2) is 9.37 Å². The van der Waals surface area contributed by atoms with Crippen LogP contribution in [0.2, 0.25) is 0 Å². The molecule has 0 aliphatic rings. The molecule has 0 aliphatic heterocycles. The molecule has 0 bridgehead atoms. The number of anilines is 3. The molecule has 0 aliphatic carbocycles. The second-order valence-corrected chi connectivity index (χ2v) is 6.18. The van der Waals surface area contributed by atoms with Gasteiger partial charge >= 0.3 is 0 Å². The van der Waals surface area contributed by atoms with Crippen molar-refractivity contribution in [3.8, 4) is 11.3 Å². The van der Waals surface area contributed by atoms with E-state index < -0.39 is 0 Å². The number of benzene rings is 2. The summed E-state index contributed by atoms with van der Waals surface area (Å²) in [5.74, 6) is 0.992. The summed E-state index contributed by atoms with van der Waals surface area (Å²) in [5, 5.41) is 10.9. The van der Waals surface area contributed by atoms with Crippen LogP contribution >= 0.6 is 0 Å². The lowest BCUT2D eigenvalue weighted by Crippen LogP contribution is -2.09. The molecular weight excluding hydrogens is 345 g/mol. The quantitative estimate of drug-likeness (QED) is 0.433. The van der Waals surface area contributed by atoms with Gasteiger partial charge in [0.25, 0.3) is 0 Å². The van der Waals surface area contributed by atoms with E-state index in [2.05, 4.69) is 25.5 Å². The summed E-state index contributed by atoms with van der Waals surface area (Å²) in [5.41, 5.74) is 15.0. The number of halogens is 1. The molecule has 136 valence electrons. The number of hydrogen-bond donors (Lipinski definition) is 4. The van der Waals surface area contributed by atoms with Crippen LogP contribution in [-0.2, 0) is 6.42 Å². The monoisotopic (exact) mass is 363 g/mol. The van der Waals surface area contributed by atoms with Crippen molar-refractivity contribution in [1.29, 1.82) is 0 Å². The van der Waals surface area contributed by atoms with Crippen molar-refractivity contribution >= 4 is 28.5 Å². The first-order chi connectivity index (χ1) is 13.1. The molecule has 0 saturated carbocycles. The van der Waals surface area contributed by atoms with Gasteiger partial charge in [0.05, 0.1) is 11.2 Å². The largest absolute Gasteiger partial charge is 0.384 e. The lowest BCUT2D eigenvalue weighted by Gasteiger charge is -2.09. The summed E-state index contributed by atoms with van der Waals surface area (Å²) >= 11 is 0. The smallest absolute Gasteiger partial charge is 0.225 e. The maximum absolute atomic E-state index is 13.2. The number of H-pyrrole nitrogens is 1. The van der Waals surface area contributed by atoms with Crippen molar-refractivity contribution in [2.75, 3.05) is 23.3 Å². The molecule has 0 amide bonds. The van der Waals surface area contributed by atoms with Gasteiger partial charge in [-0.1, -0.05) is 18.2 Å². The zero-order valence-corrected chi connectivity index (χ0v) is 14.4. The maximum Gasteiger partial charge on any atom is 0.225 e. The van der Waals surface area contributed by atoms with Crippen LogP contribution in [0.25, 0.3) is 22.2 Å². The number of nitrogens with one attached hydrogen (secondary N) is 2. The first-order valence-corrected chi connectivity index (χ1v) is 8.45. The number of nitrogens with two attached hydrogens (primary N) is 2. The van der Waals surface area contributed by atoms with Crippen molar-refractivity contribution in [3.63, 3.8) is 0 Å². The third-order valence-corrected chi connectivity index (χ3v) is 4.22. The lowest BCUT2D eigenvalue weighted by atomic mass is 10.1. The van der Waals surface area contributed by atoms with E-state index in [4.69, 9.17) is 11.5 Å². The molecule has 4 aromatic rings. The third-order valence-electron chi connectivity index (χ3n) is 4.22. The molecule has 2 heterocycles. The Morgan fingerprint density at radius 1 is 1.04 bits per heavy atom. The Morgan fingerprint density at radius 3 is 2.78 bits per heavy atom. The van der Waals surface area contributed by atoms with Crippen LogP contribution in [0.4, 0.5) is 22.0 Å². The molecule has 0 saturated heterocycles. The van der Waals surface area contributed by atoms with E-state index >= 15 is 0 Å². The van der Waals surface area contributed by atoms with Crippen LogP contribution in [0.1, 0.15) is 5.56 Å². The maximum atomic E-state index is 13.2. The summed E-state index contributed by atoms with van der Waals surface area (Å²) in [6, 6.07) is 13.9. The highest BCUT2D eigenvalue weighted by Gasteiger charge is 2.08. The van der Waals surface area contributed by atoms with Crippen molar-refractivity contribution in [2.24, 2.45) is 0 Å². The minimum atomic E-state index is -0.246. The Balaban J connectivity index is 1.53. The van der Waals surface area contributed by atoms with Crippen LogP contribution < -0.4 is 16.8 Å². The van der Waals surface area contributed by atoms with E-state index in [1.54, 1.807) is 12.1 Å². The summed E-state index contributed by atoms with van der Waals surface area (Å²) in [6.07, 6.45) is 0.643.